The summed E-state index contributed by atoms with van der Waals surface area (Å²) in [6.07, 6.45) is 7.47. The minimum Gasteiger partial charge on any atom is -0.465 e. The van der Waals surface area contributed by atoms with Crippen LogP contribution in [0.2, 0.25) is 0 Å². The van der Waals surface area contributed by atoms with E-state index in [1.165, 1.54) is 4.90 Å². The van der Waals surface area contributed by atoms with Crippen LogP contribution in [0.1, 0.15) is 51.9 Å². The summed E-state index contributed by atoms with van der Waals surface area (Å²) in [6.45, 7) is 1.86. The van der Waals surface area contributed by atoms with Gasteiger partial charge in [-0.25, -0.2) is 4.79 Å². The van der Waals surface area contributed by atoms with Gasteiger partial charge in [-0.05, 0) is 92.6 Å². The fourth-order valence-corrected chi connectivity index (χ4v) is 7.67. The second-order valence-electron chi connectivity index (χ2n) is 10.1. The van der Waals surface area contributed by atoms with Crippen LogP contribution in [0, 0.1) is 5.92 Å². The SMILES string of the molecule is CCC[C@H](NC(=O)[C@@H]1C[C@@H]2CCCC[C@@H]2N1C(=O)O)P(=O)(OOc1ccc(SC)cc1)OOc1ccc(SC)cc1. The summed E-state index contributed by atoms with van der Waals surface area (Å²) in [5, 5.41) is 12.7. The molecule has 0 radical (unpaired) electrons. The van der Waals surface area contributed by atoms with Crippen LogP contribution in [0.4, 0.5) is 4.79 Å². The molecule has 224 valence electrons. The fourth-order valence-electron chi connectivity index (χ4n) is 5.38. The Morgan fingerprint density at radius 3 is 2.00 bits per heavy atom. The Labute approximate surface area is 249 Å². The Morgan fingerprint density at radius 1 is 0.976 bits per heavy atom. The molecule has 0 unspecified atom stereocenters. The van der Waals surface area contributed by atoms with Crippen molar-refractivity contribution in [2.45, 2.75) is 79.5 Å². The lowest BCUT2D eigenvalue weighted by atomic mass is 9.85. The average molecular weight is 625 g/mol. The summed E-state index contributed by atoms with van der Waals surface area (Å²) in [5.41, 5.74) is 0. The van der Waals surface area contributed by atoms with Gasteiger partial charge in [-0.2, -0.15) is 0 Å². The molecule has 1 heterocycles. The second-order valence-corrected chi connectivity index (χ2v) is 13.8. The molecule has 0 bridgehead atoms. The highest BCUT2D eigenvalue weighted by molar-refractivity contribution is 7.98. The Bertz CT molecular complexity index is 1160. The van der Waals surface area contributed by atoms with Gasteiger partial charge in [-0.1, -0.05) is 35.5 Å². The Morgan fingerprint density at radius 2 is 1.51 bits per heavy atom. The Balaban J connectivity index is 1.55. The second kappa shape index (κ2) is 14.7. The molecule has 1 saturated carbocycles. The third kappa shape index (κ3) is 7.93. The average Bonchev–Trinajstić information content (AvgIpc) is 3.39. The van der Waals surface area contributed by atoms with Gasteiger partial charge >= 0.3 is 13.7 Å². The number of thioether (sulfide) groups is 2. The number of benzene rings is 2. The van der Waals surface area contributed by atoms with Gasteiger partial charge in [0.25, 0.3) is 0 Å². The lowest BCUT2D eigenvalue weighted by Crippen LogP contribution is -2.51. The molecule has 2 fully saturated rings. The van der Waals surface area contributed by atoms with Crippen molar-refractivity contribution in [3.63, 3.8) is 0 Å². The topological polar surface area (TPSA) is 124 Å². The number of nitrogens with zero attached hydrogens (tertiary/aromatic N) is 1. The molecule has 2 aliphatic rings. The van der Waals surface area contributed by atoms with E-state index >= 15 is 0 Å². The lowest BCUT2D eigenvalue weighted by Gasteiger charge is -2.32. The lowest BCUT2D eigenvalue weighted by molar-refractivity contribution is -0.174. The molecule has 4 rings (SSSR count). The third-order valence-corrected chi connectivity index (χ3v) is 10.7. The van der Waals surface area contributed by atoms with Crippen molar-refractivity contribution in [2.24, 2.45) is 5.92 Å². The summed E-state index contributed by atoms with van der Waals surface area (Å²) in [7, 11) is -4.34. The van der Waals surface area contributed by atoms with E-state index in [0.29, 0.717) is 12.8 Å². The quantitative estimate of drug-likeness (QED) is 0.102. The predicted octanol–water partition coefficient (Wildman–Crippen LogP) is 7.20. The molecule has 2 aromatic carbocycles. The number of hydrogen-bond acceptors (Lipinski definition) is 9. The molecule has 0 spiro atoms. The smallest absolute Gasteiger partial charge is 0.426 e. The zero-order chi connectivity index (χ0) is 29.4. The Hall–Kier alpha value is -2.37. The van der Waals surface area contributed by atoms with Crippen LogP contribution in [0.5, 0.6) is 11.5 Å². The summed E-state index contributed by atoms with van der Waals surface area (Å²) in [6, 6.07) is 12.9. The zero-order valence-electron chi connectivity index (χ0n) is 23.4. The number of carboxylic acid groups (broad SMARTS) is 1. The van der Waals surface area contributed by atoms with E-state index in [0.717, 1.165) is 35.5 Å². The first-order valence-corrected chi connectivity index (χ1v) is 17.8. The van der Waals surface area contributed by atoms with Crippen molar-refractivity contribution in [2.75, 3.05) is 12.5 Å². The molecular formula is C28H37N2O8PS2. The molecule has 4 atom stereocenters. The van der Waals surface area contributed by atoms with Crippen molar-refractivity contribution in [1.82, 2.24) is 10.2 Å². The molecule has 2 N–H and O–H groups in total. The predicted molar refractivity (Wildman–Crippen MR) is 158 cm³/mol. The number of amides is 2. The number of carbonyl (C=O) groups excluding carboxylic acids is 1. The van der Waals surface area contributed by atoms with E-state index in [4.69, 9.17) is 19.1 Å². The van der Waals surface area contributed by atoms with Gasteiger partial charge in [-0.15, -0.1) is 23.5 Å². The molecule has 2 aromatic rings. The van der Waals surface area contributed by atoms with Crippen molar-refractivity contribution in [3.8, 4) is 11.5 Å². The number of likely N-dealkylation sites (tertiary alicyclic amines) is 1. The highest BCUT2D eigenvalue weighted by Crippen LogP contribution is 2.54. The van der Waals surface area contributed by atoms with Gasteiger partial charge in [0.1, 0.15) is 11.8 Å². The van der Waals surface area contributed by atoms with Gasteiger partial charge in [0, 0.05) is 15.8 Å². The standard InChI is InChI=1S/C28H37N2O8PS2/c1-4-7-26(29-27(31)25-18-19-8-5-6-9-24(19)30(25)28(32)33)39(34,37-35-20-10-14-22(40-2)15-11-20)38-36-21-12-16-23(41-3)17-13-21/h10-17,19,24-26H,4-9,18H2,1-3H3,(H,29,31)(H,32,33)/t19-,24-,25-,26+/m0/s1. The minimum absolute atomic E-state index is 0.125. The number of fused-ring (bicyclic) bond motifs is 1. The van der Waals surface area contributed by atoms with Crippen molar-refractivity contribution < 1.29 is 38.4 Å². The van der Waals surface area contributed by atoms with E-state index in [9.17, 15) is 19.3 Å². The van der Waals surface area contributed by atoms with E-state index in [-0.39, 0.29) is 29.9 Å². The number of hydrogen-bond donors (Lipinski definition) is 2. The minimum atomic E-state index is -4.34. The first kappa shape index (κ1) is 31.6. The molecule has 2 amide bonds. The Kier molecular flexibility index (Phi) is 11.3. The van der Waals surface area contributed by atoms with Crippen LogP contribution in [-0.4, -0.2) is 52.4 Å². The van der Waals surface area contributed by atoms with Crippen molar-refractivity contribution in [1.29, 1.82) is 0 Å². The van der Waals surface area contributed by atoms with Gasteiger partial charge in [0.05, 0.1) is 0 Å². The van der Waals surface area contributed by atoms with Crippen LogP contribution >= 0.6 is 31.1 Å². The number of nitrogens with one attached hydrogen (secondary N) is 1. The maximum Gasteiger partial charge on any atom is 0.426 e. The van der Waals surface area contributed by atoms with Gasteiger partial charge in [0.2, 0.25) is 5.91 Å². The zero-order valence-corrected chi connectivity index (χ0v) is 25.9. The van der Waals surface area contributed by atoms with Gasteiger partial charge < -0.3 is 20.2 Å². The van der Waals surface area contributed by atoms with E-state index in [2.05, 4.69) is 5.32 Å². The molecular weight excluding hydrogens is 587 g/mol. The van der Waals surface area contributed by atoms with Gasteiger partial charge in [-0.3, -0.25) is 14.3 Å². The van der Waals surface area contributed by atoms with Crippen LogP contribution in [-0.2, 0) is 18.7 Å². The number of rotatable bonds is 13. The molecule has 1 saturated heterocycles. The third-order valence-electron chi connectivity index (χ3n) is 7.46. The van der Waals surface area contributed by atoms with Crippen LogP contribution < -0.4 is 15.1 Å². The first-order chi connectivity index (χ1) is 19.8. The molecule has 13 heteroatoms. The van der Waals surface area contributed by atoms with Crippen molar-refractivity contribution >= 4 is 43.1 Å². The maximum atomic E-state index is 14.3. The van der Waals surface area contributed by atoms with Crippen LogP contribution in [0.25, 0.3) is 0 Å². The highest BCUT2D eigenvalue weighted by atomic mass is 32.2. The van der Waals surface area contributed by atoms with E-state index < -0.39 is 31.4 Å². The van der Waals surface area contributed by atoms with Crippen LogP contribution in [0.3, 0.4) is 0 Å². The maximum absolute atomic E-state index is 14.3. The molecule has 41 heavy (non-hydrogen) atoms. The number of carbonyl (C=O) groups is 2. The van der Waals surface area contributed by atoms with E-state index in [1.807, 2.05) is 43.7 Å². The fraction of sp³-hybridized carbons (Fsp3) is 0.500. The summed E-state index contributed by atoms with van der Waals surface area (Å²) in [4.78, 5) is 39.9. The highest BCUT2D eigenvalue weighted by Gasteiger charge is 2.49. The summed E-state index contributed by atoms with van der Waals surface area (Å²) >= 11 is 3.12. The van der Waals surface area contributed by atoms with Crippen LogP contribution in [0.15, 0.2) is 58.3 Å². The normalized spacial score (nSPS) is 21.1. The first-order valence-electron chi connectivity index (χ1n) is 13.7. The van der Waals surface area contributed by atoms with E-state index in [1.54, 1.807) is 47.8 Å². The molecule has 10 nitrogen and oxygen atoms in total. The van der Waals surface area contributed by atoms with Crippen molar-refractivity contribution in [3.05, 3.63) is 48.5 Å². The summed E-state index contributed by atoms with van der Waals surface area (Å²) < 4.78 is 25.2. The van der Waals surface area contributed by atoms with Gasteiger partial charge in [0.15, 0.2) is 11.5 Å². The monoisotopic (exact) mass is 624 g/mol. The molecule has 1 aliphatic carbocycles. The largest absolute Gasteiger partial charge is 0.465 e. The summed E-state index contributed by atoms with van der Waals surface area (Å²) in [5.74, 6) is -1.00. The molecule has 0 aromatic heterocycles. The molecule has 1 aliphatic heterocycles.